The smallest absolute Gasteiger partial charge is 0.271 e. The van der Waals surface area contributed by atoms with Gasteiger partial charge in [-0.15, -0.1) is 0 Å². The van der Waals surface area contributed by atoms with Crippen molar-refractivity contribution >= 4 is 27.1 Å². The quantitative estimate of drug-likeness (QED) is 0.582. The van der Waals surface area contributed by atoms with Crippen LogP contribution in [0.1, 0.15) is 29.6 Å². The van der Waals surface area contributed by atoms with Crippen molar-refractivity contribution in [3.63, 3.8) is 0 Å². The van der Waals surface area contributed by atoms with E-state index < -0.39 is 14.8 Å². The molecule has 8 nitrogen and oxygen atoms in total. The van der Waals surface area contributed by atoms with Gasteiger partial charge in [0.2, 0.25) is 0 Å². The van der Waals surface area contributed by atoms with Gasteiger partial charge in [0.15, 0.2) is 9.84 Å². The predicted molar refractivity (Wildman–Crippen MR) is 96.1 cm³/mol. The van der Waals surface area contributed by atoms with Crippen LogP contribution in [0.3, 0.4) is 0 Å². The lowest BCUT2D eigenvalue weighted by atomic mass is 10.1. The minimum Gasteiger partial charge on any atom is -0.367 e. The number of carbonyl (C=O) groups excluding carboxylic acids is 1. The first kappa shape index (κ1) is 17.3. The maximum atomic E-state index is 13.0. The molecule has 0 N–H and O–H groups in total. The largest absolute Gasteiger partial charge is 0.367 e. The molecule has 26 heavy (non-hydrogen) atoms. The van der Waals surface area contributed by atoms with Gasteiger partial charge in [0, 0.05) is 37.8 Å². The number of hydrogen-bond donors (Lipinski definition) is 0. The second-order valence-electron chi connectivity index (χ2n) is 7.39. The number of nitro benzene ring substituents is 1. The summed E-state index contributed by atoms with van der Waals surface area (Å²) in [5.41, 5.74) is 1.02. The molecular weight excluding hydrogens is 358 g/mol. The van der Waals surface area contributed by atoms with Gasteiger partial charge in [0.1, 0.15) is 0 Å². The second-order valence-corrected chi connectivity index (χ2v) is 9.69. The first-order valence-electron chi connectivity index (χ1n) is 8.89. The maximum absolute atomic E-state index is 13.0. The first-order valence-corrected chi connectivity index (χ1v) is 10.7. The van der Waals surface area contributed by atoms with Crippen molar-refractivity contribution in [2.24, 2.45) is 5.92 Å². The molecule has 2 saturated heterocycles. The number of rotatable bonds is 3. The normalized spacial score (nSPS) is 26.9. The van der Waals surface area contributed by atoms with Crippen molar-refractivity contribution in [3.8, 4) is 0 Å². The lowest BCUT2D eigenvalue weighted by molar-refractivity contribution is -0.384. The first-order chi connectivity index (χ1) is 12.3. The Morgan fingerprint density at radius 1 is 1.19 bits per heavy atom. The van der Waals surface area contributed by atoms with Crippen LogP contribution in [-0.2, 0) is 9.84 Å². The third kappa shape index (κ3) is 3.04. The Morgan fingerprint density at radius 3 is 2.50 bits per heavy atom. The molecule has 2 heterocycles. The van der Waals surface area contributed by atoms with Gasteiger partial charge >= 0.3 is 0 Å². The molecule has 0 aromatic heterocycles. The summed E-state index contributed by atoms with van der Waals surface area (Å²) in [6, 6.07) is 4.70. The van der Waals surface area contributed by atoms with Crippen LogP contribution < -0.4 is 4.90 Å². The van der Waals surface area contributed by atoms with E-state index >= 15 is 0 Å². The molecule has 1 saturated carbocycles. The van der Waals surface area contributed by atoms with Crippen LogP contribution in [0.4, 0.5) is 11.4 Å². The number of benzene rings is 1. The SMILES string of the molecule is O=C(c1ccc([N+](=O)[O-])cc1N1CC2CCC1C2)N1CCS(=O)(=O)CC1. The number of nitro groups is 1. The van der Waals surface area contributed by atoms with Crippen LogP contribution in [-0.4, -0.2) is 61.3 Å². The van der Waals surface area contributed by atoms with E-state index in [0.29, 0.717) is 23.2 Å². The monoisotopic (exact) mass is 379 g/mol. The number of hydrogen-bond acceptors (Lipinski definition) is 6. The van der Waals surface area contributed by atoms with E-state index in [1.54, 1.807) is 4.90 Å². The van der Waals surface area contributed by atoms with Crippen molar-refractivity contribution in [3.05, 3.63) is 33.9 Å². The summed E-state index contributed by atoms with van der Waals surface area (Å²) in [7, 11) is -3.08. The minimum absolute atomic E-state index is 0.0273. The fraction of sp³-hybridized carbons (Fsp3) is 0.588. The number of sulfone groups is 1. The Hall–Kier alpha value is -2.16. The minimum atomic E-state index is -3.08. The molecule has 9 heteroatoms. The molecule has 2 atom stereocenters. The Labute approximate surface area is 151 Å². The molecular formula is C17H21N3O5S. The molecule has 1 amide bonds. The number of carbonyl (C=O) groups is 1. The van der Waals surface area contributed by atoms with Gasteiger partial charge in [-0.25, -0.2) is 8.42 Å². The van der Waals surface area contributed by atoms with Crippen LogP contribution in [0.2, 0.25) is 0 Å². The van der Waals surface area contributed by atoms with Gasteiger partial charge in [-0.2, -0.15) is 0 Å². The summed E-state index contributed by atoms with van der Waals surface area (Å²) >= 11 is 0. The maximum Gasteiger partial charge on any atom is 0.271 e. The summed E-state index contributed by atoms with van der Waals surface area (Å²) in [5.74, 6) is 0.278. The Balaban J connectivity index is 1.67. The predicted octanol–water partition coefficient (Wildman–Crippen LogP) is 1.45. The average molecular weight is 379 g/mol. The van der Waals surface area contributed by atoms with Gasteiger partial charge in [-0.05, 0) is 31.2 Å². The number of non-ortho nitro benzene ring substituents is 1. The van der Waals surface area contributed by atoms with Crippen molar-refractivity contribution in [2.45, 2.75) is 25.3 Å². The van der Waals surface area contributed by atoms with Crippen LogP contribution in [0, 0.1) is 16.0 Å². The zero-order chi connectivity index (χ0) is 18.5. The molecule has 1 aliphatic carbocycles. The van der Waals surface area contributed by atoms with Gasteiger partial charge < -0.3 is 9.80 Å². The fourth-order valence-corrected chi connectivity index (χ4v) is 5.56. The number of fused-ring (bicyclic) bond motifs is 2. The molecule has 1 aromatic rings. The third-order valence-corrected chi connectivity index (χ3v) is 7.38. The highest BCUT2D eigenvalue weighted by Crippen LogP contribution is 2.42. The number of anilines is 1. The number of piperidine rings is 1. The summed E-state index contributed by atoms with van der Waals surface area (Å²) in [5, 5.41) is 11.2. The van der Waals surface area contributed by atoms with E-state index in [1.807, 2.05) is 0 Å². The van der Waals surface area contributed by atoms with E-state index in [0.717, 1.165) is 19.4 Å². The Morgan fingerprint density at radius 2 is 1.92 bits per heavy atom. The lowest BCUT2D eigenvalue weighted by Gasteiger charge is -2.32. The van der Waals surface area contributed by atoms with Crippen LogP contribution >= 0.6 is 0 Å². The highest BCUT2D eigenvalue weighted by atomic mass is 32.2. The molecule has 140 valence electrons. The molecule has 0 radical (unpaired) electrons. The molecule has 2 aliphatic heterocycles. The van der Waals surface area contributed by atoms with E-state index in [-0.39, 0.29) is 36.2 Å². The molecule has 2 bridgehead atoms. The van der Waals surface area contributed by atoms with Crippen LogP contribution in [0.5, 0.6) is 0 Å². The van der Waals surface area contributed by atoms with Crippen molar-refractivity contribution < 1.29 is 18.1 Å². The summed E-state index contributed by atoms with van der Waals surface area (Å²) in [6.45, 7) is 1.16. The van der Waals surface area contributed by atoms with E-state index in [9.17, 15) is 23.3 Å². The van der Waals surface area contributed by atoms with E-state index in [4.69, 9.17) is 0 Å². The molecule has 3 aliphatic rings. The molecule has 3 fully saturated rings. The molecule has 4 rings (SSSR count). The topological polar surface area (TPSA) is 101 Å². The highest BCUT2D eigenvalue weighted by molar-refractivity contribution is 7.91. The fourth-order valence-electron chi connectivity index (χ4n) is 4.36. The zero-order valence-corrected chi connectivity index (χ0v) is 15.2. The standard InChI is InChI=1S/C17H21N3O5S/c21-17(18-5-7-26(24,25)8-6-18)15-4-3-14(20(22)23)10-16(15)19-11-12-1-2-13(19)9-12/h3-4,10,12-13H,1-2,5-9,11H2. The average Bonchev–Trinajstić information content (AvgIpc) is 3.24. The summed E-state index contributed by atoms with van der Waals surface area (Å²) in [6.07, 6.45) is 3.28. The zero-order valence-electron chi connectivity index (χ0n) is 14.3. The second kappa shape index (κ2) is 6.22. The molecule has 2 unspecified atom stereocenters. The van der Waals surface area contributed by atoms with Crippen LogP contribution in [0.15, 0.2) is 18.2 Å². The van der Waals surface area contributed by atoms with Gasteiger partial charge in [0.25, 0.3) is 11.6 Å². The lowest BCUT2D eigenvalue weighted by Crippen LogP contribution is -2.44. The summed E-state index contributed by atoms with van der Waals surface area (Å²) < 4.78 is 23.2. The van der Waals surface area contributed by atoms with Crippen LogP contribution in [0.25, 0.3) is 0 Å². The summed E-state index contributed by atoms with van der Waals surface area (Å²) in [4.78, 5) is 27.4. The molecule has 0 spiro atoms. The van der Waals surface area contributed by atoms with Crippen molar-refractivity contribution in [1.82, 2.24) is 4.90 Å². The highest BCUT2D eigenvalue weighted by Gasteiger charge is 2.40. The van der Waals surface area contributed by atoms with E-state index in [1.165, 1.54) is 24.6 Å². The Bertz CT molecular complexity index is 855. The van der Waals surface area contributed by atoms with Gasteiger partial charge in [-0.3, -0.25) is 14.9 Å². The molecule has 1 aromatic carbocycles. The van der Waals surface area contributed by atoms with Crippen molar-refractivity contribution in [2.75, 3.05) is 36.0 Å². The number of nitrogens with zero attached hydrogens (tertiary/aromatic N) is 3. The van der Waals surface area contributed by atoms with E-state index in [2.05, 4.69) is 4.90 Å². The third-order valence-electron chi connectivity index (χ3n) is 5.77. The van der Waals surface area contributed by atoms with Crippen molar-refractivity contribution in [1.29, 1.82) is 0 Å². The van der Waals surface area contributed by atoms with Gasteiger partial charge in [0.05, 0.1) is 27.7 Å². The Kier molecular flexibility index (Phi) is 4.13. The number of amides is 1. The van der Waals surface area contributed by atoms with Gasteiger partial charge in [-0.1, -0.05) is 0 Å².